The Morgan fingerprint density at radius 2 is 1.69 bits per heavy atom. The molecular formula is C21H26N2O3. The number of rotatable bonds is 5. The molecule has 5 nitrogen and oxygen atoms in total. The number of methoxy groups -OCH3 is 1. The van der Waals surface area contributed by atoms with Crippen molar-refractivity contribution in [3.63, 3.8) is 0 Å². The number of nitrogens with zero attached hydrogens (tertiary/aromatic N) is 2. The number of ether oxygens (including phenoxy) is 2. The van der Waals surface area contributed by atoms with Crippen LogP contribution in [0, 0.1) is 0 Å². The van der Waals surface area contributed by atoms with Crippen molar-refractivity contribution in [1.29, 1.82) is 0 Å². The van der Waals surface area contributed by atoms with Crippen molar-refractivity contribution in [2.24, 2.45) is 0 Å². The maximum atomic E-state index is 13.1. The van der Waals surface area contributed by atoms with Gasteiger partial charge in [-0.3, -0.25) is 4.79 Å². The second-order valence-electron chi connectivity index (χ2n) is 6.66. The van der Waals surface area contributed by atoms with Crippen LogP contribution in [0.1, 0.15) is 18.5 Å². The Morgan fingerprint density at radius 3 is 2.35 bits per heavy atom. The smallest absolute Gasteiger partial charge is 0.263 e. The number of piperazine rings is 1. The van der Waals surface area contributed by atoms with Gasteiger partial charge in [-0.15, -0.1) is 0 Å². The van der Waals surface area contributed by atoms with Crippen LogP contribution in [-0.4, -0.2) is 55.6 Å². The largest absolute Gasteiger partial charge is 0.497 e. The SMILES string of the molecule is COc1ccc(OC(C)C(=O)N2CCN(C)CC2c2ccccc2)cc1. The molecule has 0 saturated carbocycles. The molecule has 0 N–H and O–H groups in total. The first-order valence-electron chi connectivity index (χ1n) is 8.93. The molecule has 5 heteroatoms. The molecule has 1 amide bonds. The Balaban J connectivity index is 1.73. The summed E-state index contributed by atoms with van der Waals surface area (Å²) in [5.74, 6) is 1.44. The topological polar surface area (TPSA) is 42.0 Å². The first kappa shape index (κ1) is 18.3. The lowest BCUT2D eigenvalue weighted by atomic mass is 10.0. The molecule has 138 valence electrons. The molecule has 0 bridgehead atoms. The third-order valence-electron chi connectivity index (χ3n) is 4.77. The fourth-order valence-corrected chi connectivity index (χ4v) is 3.29. The molecular weight excluding hydrogens is 328 g/mol. The lowest BCUT2D eigenvalue weighted by molar-refractivity contribution is -0.143. The van der Waals surface area contributed by atoms with Crippen LogP contribution in [0.2, 0.25) is 0 Å². The monoisotopic (exact) mass is 354 g/mol. The zero-order valence-corrected chi connectivity index (χ0v) is 15.6. The van der Waals surface area contributed by atoms with Gasteiger partial charge in [-0.1, -0.05) is 30.3 Å². The van der Waals surface area contributed by atoms with E-state index in [1.807, 2.05) is 54.3 Å². The van der Waals surface area contributed by atoms with Gasteiger partial charge < -0.3 is 19.3 Å². The standard InChI is InChI=1S/C21H26N2O3/c1-16(26-19-11-9-18(25-3)10-12-19)21(24)23-14-13-22(2)15-20(23)17-7-5-4-6-8-17/h4-12,16,20H,13-15H2,1-3H3. The summed E-state index contributed by atoms with van der Waals surface area (Å²) >= 11 is 0. The number of amides is 1. The Kier molecular flexibility index (Phi) is 5.78. The van der Waals surface area contributed by atoms with Gasteiger partial charge in [0.1, 0.15) is 11.5 Å². The van der Waals surface area contributed by atoms with Crippen LogP contribution in [0.25, 0.3) is 0 Å². The number of carbonyl (C=O) groups excluding carboxylic acids is 1. The summed E-state index contributed by atoms with van der Waals surface area (Å²) in [4.78, 5) is 17.3. The first-order chi connectivity index (χ1) is 12.6. The van der Waals surface area contributed by atoms with Crippen molar-refractivity contribution >= 4 is 5.91 Å². The summed E-state index contributed by atoms with van der Waals surface area (Å²) in [6.07, 6.45) is -0.544. The van der Waals surface area contributed by atoms with E-state index in [-0.39, 0.29) is 11.9 Å². The van der Waals surface area contributed by atoms with E-state index in [9.17, 15) is 4.79 Å². The maximum absolute atomic E-state index is 13.1. The molecule has 2 unspecified atom stereocenters. The average molecular weight is 354 g/mol. The van der Waals surface area contributed by atoms with Crippen molar-refractivity contribution in [2.45, 2.75) is 19.1 Å². The van der Waals surface area contributed by atoms with E-state index >= 15 is 0 Å². The van der Waals surface area contributed by atoms with E-state index < -0.39 is 6.10 Å². The quantitative estimate of drug-likeness (QED) is 0.828. The van der Waals surface area contributed by atoms with Gasteiger partial charge in [-0.05, 0) is 43.8 Å². The molecule has 0 radical (unpaired) electrons. The Morgan fingerprint density at radius 1 is 1.04 bits per heavy atom. The second-order valence-corrected chi connectivity index (χ2v) is 6.66. The number of likely N-dealkylation sites (N-methyl/N-ethyl adjacent to an activating group) is 1. The third-order valence-corrected chi connectivity index (χ3v) is 4.77. The molecule has 1 fully saturated rings. The van der Waals surface area contributed by atoms with Gasteiger partial charge in [0.25, 0.3) is 5.91 Å². The minimum absolute atomic E-state index is 0.0165. The fourth-order valence-electron chi connectivity index (χ4n) is 3.29. The maximum Gasteiger partial charge on any atom is 0.263 e. The predicted molar refractivity (Wildman–Crippen MR) is 101 cm³/mol. The van der Waals surface area contributed by atoms with E-state index in [2.05, 4.69) is 24.1 Å². The Bertz CT molecular complexity index is 718. The van der Waals surface area contributed by atoms with Gasteiger partial charge in [0, 0.05) is 19.6 Å². The highest BCUT2D eigenvalue weighted by molar-refractivity contribution is 5.81. The van der Waals surface area contributed by atoms with Crippen LogP contribution in [0.15, 0.2) is 54.6 Å². The normalized spacial score (nSPS) is 19.0. The zero-order chi connectivity index (χ0) is 18.5. The molecule has 2 aromatic carbocycles. The highest BCUT2D eigenvalue weighted by Gasteiger charge is 2.33. The van der Waals surface area contributed by atoms with E-state index in [4.69, 9.17) is 9.47 Å². The molecule has 3 rings (SSSR count). The van der Waals surface area contributed by atoms with Gasteiger partial charge in [-0.2, -0.15) is 0 Å². The van der Waals surface area contributed by atoms with Crippen molar-refractivity contribution in [3.8, 4) is 11.5 Å². The fraction of sp³-hybridized carbons (Fsp3) is 0.381. The van der Waals surface area contributed by atoms with Crippen molar-refractivity contribution < 1.29 is 14.3 Å². The Hall–Kier alpha value is -2.53. The van der Waals surface area contributed by atoms with Crippen LogP contribution >= 0.6 is 0 Å². The van der Waals surface area contributed by atoms with Gasteiger partial charge >= 0.3 is 0 Å². The number of carbonyl (C=O) groups is 1. The summed E-state index contributed by atoms with van der Waals surface area (Å²) < 4.78 is 11.0. The van der Waals surface area contributed by atoms with Crippen LogP contribution in [-0.2, 0) is 4.79 Å². The Labute approximate surface area is 155 Å². The second kappa shape index (κ2) is 8.23. The lowest BCUT2D eigenvalue weighted by Gasteiger charge is -2.41. The van der Waals surface area contributed by atoms with E-state index in [1.54, 1.807) is 7.11 Å². The molecule has 0 aromatic heterocycles. The van der Waals surface area contributed by atoms with Crippen molar-refractivity contribution in [3.05, 3.63) is 60.2 Å². The number of benzene rings is 2. The summed E-state index contributed by atoms with van der Waals surface area (Å²) in [5.41, 5.74) is 1.16. The minimum Gasteiger partial charge on any atom is -0.497 e. The highest BCUT2D eigenvalue weighted by atomic mass is 16.5. The van der Waals surface area contributed by atoms with E-state index in [0.717, 1.165) is 24.4 Å². The average Bonchev–Trinajstić information content (AvgIpc) is 2.68. The van der Waals surface area contributed by atoms with E-state index in [1.165, 1.54) is 0 Å². The van der Waals surface area contributed by atoms with Gasteiger partial charge in [-0.25, -0.2) is 0 Å². The first-order valence-corrected chi connectivity index (χ1v) is 8.93. The minimum atomic E-state index is -0.544. The van der Waals surface area contributed by atoms with Crippen LogP contribution in [0.4, 0.5) is 0 Å². The predicted octanol–water partition coefficient (Wildman–Crippen LogP) is 2.98. The van der Waals surface area contributed by atoms with Crippen molar-refractivity contribution in [1.82, 2.24) is 9.80 Å². The van der Waals surface area contributed by atoms with Crippen LogP contribution in [0.5, 0.6) is 11.5 Å². The summed E-state index contributed by atoms with van der Waals surface area (Å²) in [7, 11) is 3.72. The molecule has 2 atom stereocenters. The van der Waals surface area contributed by atoms with E-state index in [0.29, 0.717) is 12.3 Å². The molecule has 0 spiro atoms. The molecule has 0 aliphatic carbocycles. The van der Waals surface area contributed by atoms with Crippen LogP contribution < -0.4 is 9.47 Å². The van der Waals surface area contributed by atoms with Crippen molar-refractivity contribution in [2.75, 3.05) is 33.8 Å². The number of hydrogen-bond acceptors (Lipinski definition) is 4. The van der Waals surface area contributed by atoms with Gasteiger partial charge in [0.05, 0.1) is 13.2 Å². The zero-order valence-electron chi connectivity index (χ0n) is 15.6. The molecule has 26 heavy (non-hydrogen) atoms. The third kappa shape index (κ3) is 4.17. The van der Waals surface area contributed by atoms with Gasteiger partial charge in [0.15, 0.2) is 6.10 Å². The molecule has 1 saturated heterocycles. The molecule has 1 heterocycles. The summed E-state index contributed by atoms with van der Waals surface area (Å²) in [5, 5.41) is 0. The highest BCUT2D eigenvalue weighted by Crippen LogP contribution is 2.26. The summed E-state index contributed by atoms with van der Waals surface area (Å²) in [6.45, 7) is 4.20. The van der Waals surface area contributed by atoms with Gasteiger partial charge in [0.2, 0.25) is 0 Å². The number of hydrogen-bond donors (Lipinski definition) is 0. The molecule has 2 aromatic rings. The van der Waals surface area contributed by atoms with Crippen LogP contribution in [0.3, 0.4) is 0 Å². The lowest BCUT2D eigenvalue weighted by Crippen LogP contribution is -2.52. The molecule has 1 aliphatic rings. The molecule has 1 aliphatic heterocycles. The summed E-state index contributed by atoms with van der Waals surface area (Å²) in [6, 6.07) is 17.5.